The molecule has 2 unspecified atom stereocenters. The van der Waals surface area contributed by atoms with Gasteiger partial charge in [0.1, 0.15) is 11.6 Å². The zero-order valence-corrected chi connectivity index (χ0v) is 15.9. The SMILES string of the molecule is O=CC(COCC1CCOC1)Oc1nc(-c2ccc(F)cc2F)n(C2CCC2)n1. The number of hydrogen-bond donors (Lipinski definition) is 0. The van der Waals surface area contributed by atoms with E-state index in [4.69, 9.17) is 14.2 Å². The number of rotatable bonds is 9. The minimum Gasteiger partial charge on any atom is -0.449 e. The van der Waals surface area contributed by atoms with Gasteiger partial charge in [-0.1, -0.05) is 0 Å². The molecule has 1 aliphatic carbocycles. The van der Waals surface area contributed by atoms with Crippen molar-refractivity contribution in [3.05, 3.63) is 29.8 Å². The van der Waals surface area contributed by atoms with Crippen molar-refractivity contribution in [3.8, 4) is 17.4 Å². The van der Waals surface area contributed by atoms with E-state index < -0.39 is 17.7 Å². The molecule has 0 amide bonds. The van der Waals surface area contributed by atoms with Crippen LogP contribution in [0.25, 0.3) is 11.4 Å². The molecule has 0 radical (unpaired) electrons. The predicted octanol–water partition coefficient (Wildman–Crippen LogP) is 2.95. The van der Waals surface area contributed by atoms with E-state index in [1.165, 1.54) is 12.1 Å². The highest BCUT2D eigenvalue weighted by atomic mass is 19.1. The number of nitrogens with zero attached hydrogens (tertiary/aromatic N) is 3. The third kappa shape index (κ3) is 4.62. The van der Waals surface area contributed by atoms with Crippen molar-refractivity contribution in [2.75, 3.05) is 26.4 Å². The third-order valence-corrected chi connectivity index (χ3v) is 5.27. The molecule has 29 heavy (non-hydrogen) atoms. The quantitative estimate of drug-likeness (QED) is 0.595. The van der Waals surface area contributed by atoms with Gasteiger partial charge in [-0.25, -0.2) is 13.5 Å². The van der Waals surface area contributed by atoms with E-state index in [0.29, 0.717) is 25.4 Å². The van der Waals surface area contributed by atoms with Crippen molar-refractivity contribution < 1.29 is 27.8 Å². The molecule has 0 spiro atoms. The zero-order valence-electron chi connectivity index (χ0n) is 15.9. The van der Waals surface area contributed by atoms with Crippen molar-refractivity contribution in [2.45, 2.75) is 37.8 Å². The Balaban J connectivity index is 1.47. The van der Waals surface area contributed by atoms with Crippen LogP contribution in [0.15, 0.2) is 18.2 Å². The van der Waals surface area contributed by atoms with Crippen LogP contribution in [0.3, 0.4) is 0 Å². The summed E-state index contributed by atoms with van der Waals surface area (Å²) in [6.45, 7) is 1.95. The minimum atomic E-state index is -0.875. The van der Waals surface area contributed by atoms with Gasteiger partial charge in [0.25, 0.3) is 0 Å². The molecule has 1 saturated heterocycles. The molecule has 156 valence electrons. The van der Waals surface area contributed by atoms with Crippen molar-refractivity contribution in [1.82, 2.24) is 14.8 Å². The summed E-state index contributed by atoms with van der Waals surface area (Å²) in [5.74, 6) is -0.802. The Hall–Kier alpha value is -2.39. The van der Waals surface area contributed by atoms with E-state index in [-0.39, 0.29) is 30.0 Å². The number of hydrogen-bond acceptors (Lipinski definition) is 6. The summed E-state index contributed by atoms with van der Waals surface area (Å²) in [6.07, 6.45) is 3.52. The molecule has 7 nitrogen and oxygen atoms in total. The Morgan fingerprint density at radius 2 is 2.17 bits per heavy atom. The molecular weight excluding hydrogens is 384 g/mol. The molecule has 1 aromatic carbocycles. The lowest BCUT2D eigenvalue weighted by Crippen LogP contribution is -2.27. The standard InChI is InChI=1S/C20H23F2N3O4/c21-14-4-5-17(18(22)8-14)19-23-20(24-25(19)15-2-1-3-15)29-16(9-26)12-28-11-13-6-7-27-10-13/h4-5,8-9,13,15-16H,1-3,6-7,10-12H2. The number of benzene rings is 1. The Labute approximate surface area is 167 Å². The van der Waals surface area contributed by atoms with Gasteiger partial charge in [0.2, 0.25) is 0 Å². The number of halogens is 2. The number of carbonyl (C=O) groups excluding carboxylic acids is 1. The zero-order chi connectivity index (χ0) is 20.2. The first-order chi connectivity index (χ1) is 14.1. The van der Waals surface area contributed by atoms with Crippen LogP contribution >= 0.6 is 0 Å². The van der Waals surface area contributed by atoms with Gasteiger partial charge in [0, 0.05) is 18.6 Å². The molecule has 2 aliphatic rings. The minimum absolute atomic E-state index is 0.0273. The van der Waals surface area contributed by atoms with Crippen LogP contribution in [0.4, 0.5) is 8.78 Å². The predicted molar refractivity (Wildman–Crippen MR) is 98.5 cm³/mol. The fourth-order valence-electron chi connectivity index (χ4n) is 3.40. The lowest BCUT2D eigenvalue weighted by molar-refractivity contribution is -0.116. The fraction of sp³-hybridized carbons (Fsp3) is 0.550. The van der Waals surface area contributed by atoms with E-state index in [2.05, 4.69) is 10.1 Å². The highest BCUT2D eigenvalue weighted by Crippen LogP contribution is 2.36. The van der Waals surface area contributed by atoms with E-state index in [1.807, 2.05) is 0 Å². The molecule has 2 atom stereocenters. The summed E-state index contributed by atoms with van der Waals surface area (Å²) in [6, 6.07) is 3.36. The molecule has 2 fully saturated rings. The molecule has 2 heterocycles. The normalized spacial score (nSPS) is 20.4. The smallest absolute Gasteiger partial charge is 0.336 e. The van der Waals surface area contributed by atoms with Gasteiger partial charge in [0.15, 0.2) is 18.2 Å². The molecule has 1 saturated carbocycles. The summed E-state index contributed by atoms with van der Waals surface area (Å²) in [4.78, 5) is 15.7. The number of carbonyl (C=O) groups is 1. The lowest BCUT2D eigenvalue weighted by Gasteiger charge is -2.26. The Bertz CT molecular complexity index is 850. The van der Waals surface area contributed by atoms with Gasteiger partial charge in [-0.2, -0.15) is 4.98 Å². The third-order valence-electron chi connectivity index (χ3n) is 5.27. The Morgan fingerprint density at radius 1 is 1.31 bits per heavy atom. The van der Waals surface area contributed by atoms with Crippen molar-refractivity contribution in [1.29, 1.82) is 0 Å². The van der Waals surface area contributed by atoms with Gasteiger partial charge in [-0.15, -0.1) is 5.10 Å². The monoisotopic (exact) mass is 407 g/mol. The largest absolute Gasteiger partial charge is 0.449 e. The molecule has 9 heteroatoms. The van der Waals surface area contributed by atoms with Crippen LogP contribution in [-0.2, 0) is 14.3 Å². The molecule has 0 N–H and O–H groups in total. The number of aldehydes is 1. The first-order valence-electron chi connectivity index (χ1n) is 9.83. The molecular formula is C20H23F2N3O4. The second-order valence-electron chi connectivity index (χ2n) is 7.43. The van der Waals surface area contributed by atoms with Gasteiger partial charge in [-0.05, 0) is 37.8 Å². The Kier molecular flexibility index (Phi) is 6.15. The molecule has 2 aromatic rings. The van der Waals surface area contributed by atoms with Crippen LogP contribution in [0.1, 0.15) is 31.7 Å². The highest BCUT2D eigenvalue weighted by Gasteiger charge is 2.28. The van der Waals surface area contributed by atoms with Crippen LogP contribution in [-0.4, -0.2) is 53.6 Å². The summed E-state index contributed by atoms with van der Waals surface area (Å²) < 4.78 is 45.7. The van der Waals surface area contributed by atoms with E-state index >= 15 is 0 Å². The Morgan fingerprint density at radius 3 is 2.83 bits per heavy atom. The van der Waals surface area contributed by atoms with E-state index in [9.17, 15) is 13.6 Å². The van der Waals surface area contributed by atoms with Crippen molar-refractivity contribution in [3.63, 3.8) is 0 Å². The maximum Gasteiger partial charge on any atom is 0.336 e. The lowest BCUT2D eigenvalue weighted by atomic mass is 9.93. The summed E-state index contributed by atoms with van der Waals surface area (Å²) in [5, 5.41) is 4.33. The molecule has 1 aliphatic heterocycles. The van der Waals surface area contributed by atoms with Crippen LogP contribution < -0.4 is 4.74 Å². The van der Waals surface area contributed by atoms with Crippen LogP contribution in [0, 0.1) is 17.6 Å². The second-order valence-corrected chi connectivity index (χ2v) is 7.43. The van der Waals surface area contributed by atoms with Crippen molar-refractivity contribution >= 4 is 6.29 Å². The molecule has 4 rings (SSSR count). The number of aromatic nitrogens is 3. The maximum absolute atomic E-state index is 14.3. The average molecular weight is 407 g/mol. The van der Waals surface area contributed by atoms with Crippen LogP contribution in [0.2, 0.25) is 0 Å². The van der Waals surface area contributed by atoms with E-state index in [1.54, 1.807) is 4.68 Å². The summed E-state index contributed by atoms with van der Waals surface area (Å²) in [7, 11) is 0. The maximum atomic E-state index is 14.3. The highest BCUT2D eigenvalue weighted by molar-refractivity contribution is 5.58. The topological polar surface area (TPSA) is 75.5 Å². The first-order valence-corrected chi connectivity index (χ1v) is 9.83. The van der Waals surface area contributed by atoms with Gasteiger partial charge >= 0.3 is 6.01 Å². The number of ether oxygens (including phenoxy) is 3. The van der Waals surface area contributed by atoms with E-state index in [0.717, 1.165) is 38.4 Å². The van der Waals surface area contributed by atoms with Gasteiger partial charge in [-0.3, -0.25) is 4.79 Å². The van der Waals surface area contributed by atoms with Crippen LogP contribution in [0.5, 0.6) is 6.01 Å². The summed E-state index contributed by atoms with van der Waals surface area (Å²) in [5.41, 5.74) is 0.140. The fourth-order valence-corrected chi connectivity index (χ4v) is 3.40. The van der Waals surface area contributed by atoms with Gasteiger partial charge < -0.3 is 14.2 Å². The molecule has 0 bridgehead atoms. The second kappa shape index (κ2) is 8.96. The first kappa shape index (κ1) is 19.9. The van der Waals surface area contributed by atoms with Crippen molar-refractivity contribution in [2.24, 2.45) is 5.92 Å². The van der Waals surface area contributed by atoms with Gasteiger partial charge in [0.05, 0.1) is 31.4 Å². The molecule has 1 aromatic heterocycles. The summed E-state index contributed by atoms with van der Waals surface area (Å²) >= 11 is 0. The average Bonchev–Trinajstić information content (AvgIpc) is 3.30.